The highest BCUT2D eigenvalue weighted by Gasteiger charge is 2.27. The first-order valence-electron chi connectivity index (χ1n) is 8.80. The summed E-state index contributed by atoms with van der Waals surface area (Å²) in [5, 5.41) is 3.37. The van der Waals surface area contributed by atoms with Crippen molar-refractivity contribution in [1.29, 1.82) is 0 Å². The van der Waals surface area contributed by atoms with E-state index in [9.17, 15) is 9.59 Å². The number of thiophene rings is 1. The number of para-hydroxylation sites is 1. The summed E-state index contributed by atoms with van der Waals surface area (Å²) in [6, 6.07) is 5.84. The second-order valence-corrected chi connectivity index (χ2v) is 8.08. The molecule has 0 saturated carbocycles. The lowest BCUT2D eigenvalue weighted by Crippen LogP contribution is -2.23. The SMILES string of the molecule is Cc1cccc(C)c1OCC(=O)Nc1sc2c(c1C(N)=O)CC[C@@H](C)C2. The number of carbonyl (C=O) groups is 2. The Morgan fingerprint density at radius 1 is 1.31 bits per heavy atom. The van der Waals surface area contributed by atoms with Gasteiger partial charge in [0.2, 0.25) is 0 Å². The Hall–Kier alpha value is -2.34. The second kappa shape index (κ2) is 7.50. The molecule has 0 unspecified atom stereocenters. The minimum Gasteiger partial charge on any atom is -0.483 e. The summed E-state index contributed by atoms with van der Waals surface area (Å²) in [6.07, 6.45) is 2.79. The highest BCUT2D eigenvalue weighted by Crippen LogP contribution is 2.39. The van der Waals surface area contributed by atoms with Gasteiger partial charge in [0.25, 0.3) is 11.8 Å². The summed E-state index contributed by atoms with van der Waals surface area (Å²) in [5.74, 6) is 0.527. The summed E-state index contributed by atoms with van der Waals surface area (Å²) in [7, 11) is 0. The fourth-order valence-electron chi connectivity index (χ4n) is 3.43. The van der Waals surface area contributed by atoms with Gasteiger partial charge in [-0.1, -0.05) is 25.1 Å². The molecule has 3 N–H and O–H groups in total. The van der Waals surface area contributed by atoms with Crippen molar-refractivity contribution >= 4 is 28.2 Å². The molecule has 26 heavy (non-hydrogen) atoms. The first kappa shape index (κ1) is 18.5. The molecular weight excluding hydrogens is 348 g/mol. The predicted octanol–water partition coefficient (Wildman–Crippen LogP) is 3.61. The molecule has 1 aromatic heterocycles. The molecule has 2 amide bonds. The zero-order valence-corrected chi connectivity index (χ0v) is 16.2. The maximum absolute atomic E-state index is 12.4. The van der Waals surface area contributed by atoms with Crippen molar-refractivity contribution in [3.05, 3.63) is 45.3 Å². The van der Waals surface area contributed by atoms with Crippen LogP contribution in [-0.4, -0.2) is 18.4 Å². The molecule has 0 fully saturated rings. The second-order valence-electron chi connectivity index (χ2n) is 6.98. The van der Waals surface area contributed by atoms with E-state index >= 15 is 0 Å². The Kier molecular flexibility index (Phi) is 5.32. The van der Waals surface area contributed by atoms with Crippen LogP contribution in [0.25, 0.3) is 0 Å². The molecule has 1 aliphatic carbocycles. The molecule has 0 spiro atoms. The number of ether oxygens (including phenoxy) is 1. The highest BCUT2D eigenvalue weighted by atomic mass is 32.1. The average Bonchev–Trinajstić information content (AvgIpc) is 2.91. The number of fused-ring (bicyclic) bond motifs is 1. The van der Waals surface area contributed by atoms with Crippen molar-refractivity contribution in [3.8, 4) is 5.75 Å². The summed E-state index contributed by atoms with van der Waals surface area (Å²) in [4.78, 5) is 25.5. The van der Waals surface area contributed by atoms with E-state index < -0.39 is 5.91 Å². The third-order valence-corrected chi connectivity index (χ3v) is 5.94. The predicted molar refractivity (Wildman–Crippen MR) is 104 cm³/mol. The van der Waals surface area contributed by atoms with Gasteiger partial charge >= 0.3 is 0 Å². The minimum atomic E-state index is -0.483. The van der Waals surface area contributed by atoms with Gasteiger partial charge < -0.3 is 15.8 Å². The number of benzene rings is 1. The van der Waals surface area contributed by atoms with Crippen LogP contribution in [0.1, 0.15) is 45.3 Å². The molecule has 0 aliphatic heterocycles. The number of nitrogens with two attached hydrogens (primary N) is 1. The van der Waals surface area contributed by atoms with Gasteiger partial charge in [-0.15, -0.1) is 11.3 Å². The maximum atomic E-state index is 12.4. The Morgan fingerprint density at radius 3 is 2.65 bits per heavy atom. The number of hydrogen-bond donors (Lipinski definition) is 2. The van der Waals surface area contributed by atoms with Gasteiger partial charge in [-0.2, -0.15) is 0 Å². The molecule has 1 aromatic carbocycles. The fraction of sp³-hybridized carbons (Fsp3) is 0.400. The number of anilines is 1. The zero-order valence-electron chi connectivity index (χ0n) is 15.3. The van der Waals surface area contributed by atoms with E-state index in [1.165, 1.54) is 11.3 Å². The van der Waals surface area contributed by atoms with Crippen molar-refractivity contribution < 1.29 is 14.3 Å². The summed E-state index contributed by atoms with van der Waals surface area (Å²) in [5.41, 5.74) is 9.02. The molecule has 0 bridgehead atoms. The van der Waals surface area contributed by atoms with E-state index in [-0.39, 0.29) is 12.5 Å². The number of carbonyl (C=O) groups excluding carboxylic acids is 2. The standard InChI is InChI=1S/C20H24N2O3S/c1-11-7-8-14-15(9-11)26-20(17(14)19(21)24)22-16(23)10-25-18-12(2)5-4-6-13(18)3/h4-6,11H,7-10H2,1-3H3,(H2,21,24)(H,22,23)/t11-/m1/s1. The molecule has 6 heteroatoms. The fourth-order valence-corrected chi connectivity index (χ4v) is 4.86. The number of aryl methyl sites for hydroxylation is 2. The van der Waals surface area contributed by atoms with E-state index in [0.717, 1.165) is 46.6 Å². The van der Waals surface area contributed by atoms with Crippen molar-refractivity contribution in [1.82, 2.24) is 0 Å². The van der Waals surface area contributed by atoms with Gasteiger partial charge in [0.15, 0.2) is 6.61 Å². The number of rotatable bonds is 5. The number of hydrogen-bond acceptors (Lipinski definition) is 4. The van der Waals surface area contributed by atoms with Crippen LogP contribution < -0.4 is 15.8 Å². The van der Waals surface area contributed by atoms with Crippen molar-refractivity contribution in [3.63, 3.8) is 0 Å². The number of primary amides is 1. The largest absolute Gasteiger partial charge is 0.483 e. The Morgan fingerprint density at radius 2 is 2.00 bits per heavy atom. The van der Waals surface area contributed by atoms with E-state index in [1.807, 2.05) is 32.0 Å². The van der Waals surface area contributed by atoms with Gasteiger partial charge in [0, 0.05) is 4.88 Å². The van der Waals surface area contributed by atoms with Crippen LogP contribution in [0.2, 0.25) is 0 Å². The van der Waals surface area contributed by atoms with Crippen molar-refractivity contribution in [2.45, 2.75) is 40.0 Å². The van der Waals surface area contributed by atoms with Crippen molar-refractivity contribution in [2.24, 2.45) is 11.7 Å². The monoisotopic (exact) mass is 372 g/mol. The summed E-state index contributed by atoms with van der Waals surface area (Å²) < 4.78 is 5.70. The van der Waals surface area contributed by atoms with Crippen LogP contribution in [0.15, 0.2) is 18.2 Å². The van der Waals surface area contributed by atoms with E-state index in [0.29, 0.717) is 16.5 Å². The third-order valence-electron chi connectivity index (χ3n) is 4.77. The lowest BCUT2D eigenvalue weighted by molar-refractivity contribution is -0.118. The Balaban J connectivity index is 1.74. The van der Waals surface area contributed by atoms with Crippen LogP contribution in [0, 0.1) is 19.8 Å². The molecule has 3 rings (SSSR count). The van der Waals surface area contributed by atoms with Crippen LogP contribution in [0.5, 0.6) is 5.75 Å². The first-order valence-corrected chi connectivity index (χ1v) is 9.61. The Labute approximate surface area is 157 Å². The van der Waals surface area contributed by atoms with Crippen LogP contribution in [0.3, 0.4) is 0 Å². The molecule has 1 heterocycles. The number of nitrogens with one attached hydrogen (secondary N) is 1. The molecule has 5 nitrogen and oxygen atoms in total. The third kappa shape index (κ3) is 3.75. The molecular formula is C20H24N2O3S. The van der Waals surface area contributed by atoms with Crippen LogP contribution in [0.4, 0.5) is 5.00 Å². The highest BCUT2D eigenvalue weighted by molar-refractivity contribution is 7.17. The van der Waals surface area contributed by atoms with E-state index in [1.54, 1.807) is 0 Å². The summed E-state index contributed by atoms with van der Waals surface area (Å²) in [6.45, 7) is 5.98. The smallest absolute Gasteiger partial charge is 0.262 e. The van der Waals surface area contributed by atoms with Gasteiger partial charge in [0.05, 0.1) is 5.56 Å². The number of amides is 2. The van der Waals surface area contributed by atoms with Crippen LogP contribution >= 0.6 is 11.3 Å². The Bertz CT molecular complexity index is 837. The summed E-state index contributed by atoms with van der Waals surface area (Å²) >= 11 is 1.46. The van der Waals surface area contributed by atoms with Gasteiger partial charge in [-0.05, 0) is 55.7 Å². The minimum absolute atomic E-state index is 0.108. The molecule has 138 valence electrons. The molecule has 0 radical (unpaired) electrons. The normalized spacial score (nSPS) is 16.0. The van der Waals surface area contributed by atoms with Crippen molar-refractivity contribution in [2.75, 3.05) is 11.9 Å². The lowest BCUT2D eigenvalue weighted by Gasteiger charge is -2.18. The van der Waals surface area contributed by atoms with Gasteiger partial charge in [-0.25, -0.2) is 0 Å². The maximum Gasteiger partial charge on any atom is 0.262 e. The zero-order chi connectivity index (χ0) is 18.8. The quantitative estimate of drug-likeness (QED) is 0.841. The first-order chi connectivity index (χ1) is 12.4. The molecule has 1 aliphatic rings. The molecule has 2 aromatic rings. The molecule has 1 atom stereocenters. The average molecular weight is 372 g/mol. The van der Waals surface area contributed by atoms with E-state index in [4.69, 9.17) is 10.5 Å². The van der Waals surface area contributed by atoms with E-state index in [2.05, 4.69) is 12.2 Å². The van der Waals surface area contributed by atoms with Crippen LogP contribution in [-0.2, 0) is 17.6 Å². The van der Waals surface area contributed by atoms with Gasteiger partial charge in [-0.3, -0.25) is 9.59 Å². The lowest BCUT2D eigenvalue weighted by atomic mass is 9.88. The van der Waals surface area contributed by atoms with Gasteiger partial charge in [0.1, 0.15) is 10.8 Å². The molecule has 0 saturated heterocycles. The topological polar surface area (TPSA) is 81.4 Å².